The molecule has 0 aliphatic rings. The summed E-state index contributed by atoms with van der Waals surface area (Å²) in [7, 11) is 0. The van der Waals surface area contributed by atoms with Crippen LogP contribution in [0.2, 0.25) is 0 Å². The molecule has 0 heterocycles. The minimum atomic E-state index is -0.116. The molecule has 0 fully saturated rings. The highest BCUT2D eigenvalue weighted by atomic mass is 16.3. The summed E-state index contributed by atoms with van der Waals surface area (Å²) in [6, 6.07) is 10.7. The van der Waals surface area contributed by atoms with Gasteiger partial charge in [0.1, 0.15) is 0 Å². The molecule has 0 bridgehead atoms. The van der Waals surface area contributed by atoms with Crippen molar-refractivity contribution in [1.29, 1.82) is 0 Å². The first-order valence-corrected chi connectivity index (χ1v) is 7.88. The quantitative estimate of drug-likeness (QED) is 0.652. The lowest BCUT2D eigenvalue weighted by Crippen LogP contribution is -2.17. The van der Waals surface area contributed by atoms with E-state index in [0.717, 1.165) is 19.3 Å². The van der Waals surface area contributed by atoms with Gasteiger partial charge in [0.15, 0.2) is 0 Å². The number of unbranched alkanes of at least 4 members (excludes halogenated alkanes) is 1. The highest BCUT2D eigenvalue weighted by Gasteiger charge is 2.14. The molecule has 0 aromatic heterocycles. The van der Waals surface area contributed by atoms with Crippen molar-refractivity contribution >= 4 is 0 Å². The Morgan fingerprint density at radius 1 is 0.947 bits per heavy atom. The van der Waals surface area contributed by atoms with E-state index in [1.165, 1.54) is 24.8 Å². The fourth-order valence-corrected chi connectivity index (χ4v) is 2.58. The van der Waals surface area contributed by atoms with Gasteiger partial charge in [-0.25, -0.2) is 0 Å². The van der Waals surface area contributed by atoms with E-state index in [1.807, 2.05) is 0 Å². The molecule has 1 heteroatoms. The van der Waals surface area contributed by atoms with Gasteiger partial charge >= 0.3 is 0 Å². The second kappa shape index (κ2) is 9.14. The van der Waals surface area contributed by atoms with E-state index in [1.54, 1.807) is 0 Å². The topological polar surface area (TPSA) is 20.2 Å². The molecular formula is C18H30O. The Morgan fingerprint density at radius 3 is 2.26 bits per heavy atom. The van der Waals surface area contributed by atoms with Crippen LogP contribution in [0.25, 0.3) is 0 Å². The SMILES string of the molecule is CCCCC(C)C(O)CCCC(C)c1ccccc1. The predicted molar refractivity (Wildman–Crippen MR) is 83.4 cm³/mol. The molecule has 0 saturated carbocycles. The third-order valence-corrected chi connectivity index (χ3v) is 4.18. The van der Waals surface area contributed by atoms with Crippen LogP contribution in [-0.2, 0) is 0 Å². The third kappa shape index (κ3) is 6.24. The number of aliphatic hydroxyl groups is 1. The van der Waals surface area contributed by atoms with Crippen molar-refractivity contribution in [3.05, 3.63) is 35.9 Å². The molecule has 0 radical (unpaired) electrons. The minimum absolute atomic E-state index is 0.116. The van der Waals surface area contributed by atoms with E-state index in [-0.39, 0.29) is 6.10 Å². The van der Waals surface area contributed by atoms with Crippen LogP contribution in [0.1, 0.15) is 70.8 Å². The van der Waals surface area contributed by atoms with E-state index in [0.29, 0.717) is 11.8 Å². The standard InChI is InChI=1S/C18H30O/c1-4-5-10-16(3)18(19)14-9-11-15(2)17-12-7-6-8-13-17/h6-8,12-13,15-16,18-19H,4-5,9-11,14H2,1-3H3. The summed E-state index contributed by atoms with van der Waals surface area (Å²) in [4.78, 5) is 0. The molecule has 1 rings (SSSR count). The summed E-state index contributed by atoms with van der Waals surface area (Å²) in [6.07, 6.45) is 6.73. The van der Waals surface area contributed by atoms with Gasteiger partial charge in [-0.2, -0.15) is 0 Å². The molecular weight excluding hydrogens is 232 g/mol. The maximum Gasteiger partial charge on any atom is 0.0565 e. The van der Waals surface area contributed by atoms with Gasteiger partial charge in [-0.15, -0.1) is 0 Å². The van der Waals surface area contributed by atoms with Crippen LogP contribution >= 0.6 is 0 Å². The maximum absolute atomic E-state index is 10.1. The Hall–Kier alpha value is -0.820. The Balaban J connectivity index is 2.22. The van der Waals surface area contributed by atoms with Gasteiger partial charge in [0.25, 0.3) is 0 Å². The van der Waals surface area contributed by atoms with Crippen molar-refractivity contribution in [2.24, 2.45) is 5.92 Å². The van der Waals surface area contributed by atoms with E-state index >= 15 is 0 Å². The zero-order valence-electron chi connectivity index (χ0n) is 12.8. The molecule has 1 aromatic rings. The second-order valence-corrected chi connectivity index (χ2v) is 5.93. The van der Waals surface area contributed by atoms with Crippen molar-refractivity contribution < 1.29 is 5.11 Å². The number of rotatable bonds is 9. The Kier molecular flexibility index (Phi) is 7.81. The zero-order chi connectivity index (χ0) is 14.1. The molecule has 0 amide bonds. The summed E-state index contributed by atoms with van der Waals surface area (Å²) in [6.45, 7) is 6.67. The minimum Gasteiger partial charge on any atom is -0.393 e. The molecule has 3 atom stereocenters. The normalized spacial score (nSPS) is 16.0. The summed E-state index contributed by atoms with van der Waals surface area (Å²) in [5, 5.41) is 10.1. The number of hydrogen-bond acceptors (Lipinski definition) is 1. The summed E-state index contributed by atoms with van der Waals surface area (Å²) in [5.41, 5.74) is 1.41. The van der Waals surface area contributed by atoms with Crippen LogP contribution in [0.5, 0.6) is 0 Å². The van der Waals surface area contributed by atoms with Gasteiger partial charge in [0.2, 0.25) is 0 Å². The molecule has 1 nitrogen and oxygen atoms in total. The van der Waals surface area contributed by atoms with Crippen LogP contribution in [0, 0.1) is 5.92 Å². The Bertz CT molecular complexity index is 320. The molecule has 0 aliphatic heterocycles. The molecule has 108 valence electrons. The van der Waals surface area contributed by atoms with Gasteiger partial charge in [0.05, 0.1) is 6.10 Å². The average Bonchev–Trinajstić information content (AvgIpc) is 2.45. The average molecular weight is 262 g/mol. The lowest BCUT2D eigenvalue weighted by molar-refractivity contribution is 0.0985. The lowest BCUT2D eigenvalue weighted by Gasteiger charge is -2.19. The molecule has 19 heavy (non-hydrogen) atoms. The van der Waals surface area contributed by atoms with Crippen molar-refractivity contribution in [2.75, 3.05) is 0 Å². The number of benzene rings is 1. The summed E-state index contributed by atoms with van der Waals surface area (Å²) in [5.74, 6) is 1.05. The van der Waals surface area contributed by atoms with Crippen molar-refractivity contribution in [3.8, 4) is 0 Å². The van der Waals surface area contributed by atoms with Crippen LogP contribution in [0.15, 0.2) is 30.3 Å². The molecule has 1 N–H and O–H groups in total. The van der Waals surface area contributed by atoms with Crippen molar-refractivity contribution in [2.45, 2.75) is 71.3 Å². The fraction of sp³-hybridized carbons (Fsp3) is 0.667. The third-order valence-electron chi connectivity index (χ3n) is 4.18. The summed E-state index contributed by atoms with van der Waals surface area (Å²) >= 11 is 0. The predicted octanol–water partition coefficient (Wildman–Crippen LogP) is 5.15. The van der Waals surface area contributed by atoms with Crippen LogP contribution in [0.4, 0.5) is 0 Å². The van der Waals surface area contributed by atoms with E-state index in [9.17, 15) is 5.11 Å². The van der Waals surface area contributed by atoms with E-state index in [4.69, 9.17) is 0 Å². The van der Waals surface area contributed by atoms with Crippen LogP contribution < -0.4 is 0 Å². The van der Waals surface area contributed by atoms with E-state index in [2.05, 4.69) is 51.1 Å². The second-order valence-electron chi connectivity index (χ2n) is 5.93. The van der Waals surface area contributed by atoms with Crippen LogP contribution in [0.3, 0.4) is 0 Å². The maximum atomic E-state index is 10.1. The van der Waals surface area contributed by atoms with Crippen molar-refractivity contribution in [3.63, 3.8) is 0 Å². The van der Waals surface area contributed by atoms with E-state index < -0.39 is 0 Å². The Labute approximate surface area is 119 Å². The molecule has 0 aliphatic carbocycles. The van der Waals surface area contributed by atoms with Gasteiger partial charge in [-0.1, -0.05) is 70.4 Å². The van der Waals surface area contributed by atoms with Gasteiger partial charge < -0.3 is 5.11 Å². The van der Waals surface area contributed by atoms with Gasteiger partial charge in [-0.05, 0) is 36.7 Å². The van der Waals surface area contributed by atoms with Gasteiger partial charge in [-0.3, -0.25) is 0 Å². The molecule has 1 aromatic carbocycles. The first-order valence-electron chi connectivity index (χ1n) is 7.88. The molecule has 0 saturated heterocycles. The molecule has 3 unspecified atom stereocenters. The largest absolute Gasteiger partial charge is 0.393 e. The summed E-state index contributed by atoms with van der Waals surface area (Å²) < 4.78 is 0. The zero-order valence-corrected chi connectivity index (χ0v) is 12.8. The fourth-order valence-electron chi connectivity index (χ4n) is 2.58. The molecule has 0 spiro atoms. The Morgan fingerprint density at radius 2 is 1.63 bits per heavy atom. The van der Waals surface area contributed by atoms with Crippen molar-refractivity contribution in [1.82, 2.24) is 0 Å². The first kappa shape index (κ1) is 16.2. The lowest BCUT2D eigenvalue weighted by atomic mass is 9.91. The number of hydrogen-bond donors (Lipinski definition) is 1. The monoisotopic (exact) mass is 262 g/mol. The number of aliphatic hydroxyl groups excluding tert-OH is 1. The van der Waals surface area contributed by atoms with Gasteiger partial charge in [0, 0.05) is 0 Å². The first-order chi connectivity index (χ1) is 9.15. The van der Waals surface area contributed by atoms with Crippen LogP contribution in [-0.4, -0.2) is 11.2 Å². The smallest absolute Gasteiger partial charge is 0.0565 e. The highest BCUT2D eigenvalue weighted by molar-refractivity contribution is 5.18. The highest BCUT2D eigenvalue weighted by Crippen LogP contribution is 2.23.